The molecule has 0 radical (unpaired) electrons. The van der Waals surface area contributed by atoms with E-state index in [0.29, 0.717) is 11.8 Å². The van der Waals surface area contributed by atoms with Gasteiger partial charge in [0, 0.05) is 17.8 Å². The molecule has 3 nitrogen and oxygen atoms in total. The molecular formula is C17H24O3. The topological polar surface area (TPSA) is 43.4 Å². The molecule has 3 aliphatic rings. The van der Waals surface area contributed by atoms with Crippen molar-refractivity contribution >= 4 is 11.8 Å². The molecule has 0 bridgehead atoms. The molecule has 1 spiro atoms. The van der Waals surface area contributed by atoms with Gasteiger partial charge >= 0.3 is 5.97 Å². The number of ketones is 1. The van der Waals surface area contributed by atoms with Crippen LogP contribution in [-0.4, -0.2) is 17.9 Å². The Morgan fingerprint density at radius 2 is 1.95 bits per heavy atom. The van der Waals surface area contributed by atoms with Gasteiger partial charge < -0.3 is 4.74 Å². The number of esters is 1. The zero-order valence-electron chi connectivity index (χ0n) is 13.0. The summed E-state index contributed by atoms with van der Waals surface area (Å²) in [7, 11) is 0. The molecule has 2 saturated carbocycles. The predicted octanol–water partition coefficient (Wildman–Crippen LogP) is 3.14. The van der Waals surface area contributed by atoms with Gasteiger partial charge in [0.15, 0.2) is 5.78 Å². The van der Waals surface area contributed by atoms with Crippen molar-refractivity contribution in [3.8, 4) is 0 Å². The van der Waals surface area contributed by atoms with Crippen LogP contribution < -0.4 is 0 Å². The molecule has 0 aromatic heterocycles. The number of rotatable bonds is 1. The first-order valence-corrected chi connectivity index (χ1v) is 7.60. The highest BCUT2D eigenvalue weighted by Crippen LogP contribution is 2.75. The van der Waals surface area contributed by atoms with Crippen LogP contribution in [0.4, 0.5) is 0 Å². The third kappa shape index (κ3) is 1.23. The monoisotopic (exact) mass is 276 g/mol. The SMILES string of the molecule is CC(=O)O[C@H]1C(C)(C)C2CC[C@@H](C)C23C=CC(=O)[C@@]13C. The summed E-state index contributed by atoms with van der Waals surface area (Å²) in [6.45, 7) is 10.0. The quantitative estimate of drug-likeness (QED) is 0.691. The van der Waals surface area contributed by atoms with E-state index in [1.165, 1.54) is 6.92 Å². The highest BCUT2D eigenvalue weighted by atomic mass is 16.5. The molecule has 0 aromatic rings. The molecule has 3 heteroatoms. The van der Waals surface area contributed by atoms with Crippen molar-refractivity contribution in [2.75, 3.05) is 0 Å². The lowest BCUT2D eigenvalue weighted by Gasteiger charge is -2.41. The van der Waals surface area contributed by atoms with E-state index in [1.807, 2.05) is 6.92 Å². The number of carbonyl (C=O) groups excluding carboxylic acids is 2. The summed E-state index contributed by atoms with van der Waals surface area (Å²) in [4.78, 5) is 24.2. The summed E-state index contributed by atoms with van der Waals surface area (Å²) in [5.41, 5.74) is -0.887. The van der Waals surface area contributed by atoms with E-state index in [0.717, 1.165) is 12.8 Å². The van der Waals surface area contributed by atoms with Gasteiger partial charge in [0.05, 0.1) is 5.41 Å². The minimum absolute atomic E-state index is 0.131. The minimum Gasteiger partial charge on any atom is -0.461 e. The summed E-state index contributed by atoms with van der Waals surface area (Å²) in [6, 6.07) is 0. The molecule has 0 amide bonds. The molecule has 0 aromatic carbocycles. The maximum atomic E-state index is 12.7. The minimum atomic E-state index is -0.594. The first-order valence-electron chi connectivity index (χ1n) is 7.60. The van der Waals surface area contributed by atoms with Gasteiger partial charge in [-0.1, -0.05) is 26.8 Å². The standard InChI is InChI=1S/C17H24O3/c1-10-6-7-12-15(3,4)14(20-11(2)18)16(5)13(19)8-9-17(10,12)16/h8-10,12,14H,6-7H2,1-5H3/t10-,12?,14+,16+,17?/m1/s1. The zero-order valence-corrected chi connectivity index (χ0v) is 13.0. The summed E-state index contributed by atoms with van der Waals surface area (Å²) in [5.74, 6) is 0.710. The van der Waals surface area contributed by atoms with Crippen molar-refractivity contribution in [1.82, 2.24) is 0 Å². The molecule has 0 saturated heterocycles. The lowest BCUT2D eigenvalue weighted by Crippen LogP contribution is -2.48. The smallest absolute Gasteiger partial charge is 0.302 e. The number of hydrogen-bond donors (Lipinski definition) is 0. The van der Waals surface area contributed by atoms with Gasteiger partial charge in [-0.3, -0.25) is 9.59 Å². The Labute approximate surface area is 120 Å². The van der Waals surface area contributed by atoms with Crippen molar-refractivity contribution in [2.24, 2.45) is 28.1 Å². The molecule has 2 fully saturated rings. The molecule has 0 aliphatic heterocycles. The van der Waals surface area contributed by atoms with Crippen molar-refractivity contribution in [1.29, 1.82) is 0 Å². The van der Waals surface area contributed by atoms with E-state index in [1.54, 1.807) is 6.08 Å². The second-order valence-electron chi connectivity index (χ2n) is 7.67. The lowest BCUT2D eigenvalue weighted by molar-refractivity contribution is -0.163. The Morgan fingerprint density at radius 1 is 1.30 bits per heavy atom. The van der Waals surface area contributed by atoms with Crippen LogP contribution in [0.5, 0.6) is 0 Å². The van der Waals surface area contributed by atoms with E-state index in [4.69, 9.17) is 4.74 Å². The van der Waals surface area contributed by atoms with Crippen LogP contribution in [0.15, 0.2) is 12.2 Å². The maximum Gasteiger partial charge on any atom is 0.302 e. The van der Waals surface area contributed by atoms with Gasteiger partial charge in [-0.05, 0) is 37.7 Å². The number of ether oxygens (including phenoxy) is 1. The predicted molar refractivity (Wildman–Crippen MR) is 75.9 cm³/mol. The number of hydrogen-bond acceptors (Lipinski definition) is 3. The lowest BCUT2D eigenvalue weighted by atomic mass is 9.61. The van der Waals surface area contributed by atoms with E-state index in [-0.39, 0.29) is 28.7 Å². The van der Waals surface area contributed by atoms with Gasteiger partial charge in [-0.25, -0.2) is 0 Å². The van der Waals surface area contributed by atoms with Gasteiger partial charge in [0.2, 0.25) is 0 Å². The second kappa shape index (κ2) is 3.75. The van der Waals surface area contributed by atoms with E-state index < -0.39 is 5.41 Å². The Hall–Kier alpha value is -1.12. The van der Waals surface area contributed by atoms with Crippen molar-refractivity contribution < 1.29 is 14.3 Å². The van der Waals surface area contributed by atoms with Crippen LogP contribution in [0.2, 0.25) is 0 Å². The number of allylic oxidation sites excluding steroid dienone is 2. The Balaban J connectivity index is 2.20. The number of carbonyl (C=O) groups is 2. The fraction of sp³-hybridized carbons (Fsp3) is 0.765. The van der Waals surface area contributed by atoms with Crippen LogP contribution in [0.3, 0.4) is 0 Å². The molecule has 5 atom stereocenters. The average molecular weight is 276 g/mol. The van der Waals surface area contributed by atoms with Gasteiger partial charge in [0.25, 0.3) is 0 Å². The molecule has 3 rings (SSSR count). The third-order valence-electron chi connectivity index (χ3n) is 6.58. The molecular weight excluding hydrogens is 252 g/mol. The highest BCUT2D eigenvalue weighted by Gasteiger charge is 2.77. The van der Waals surface area contributed by atoms with E-state index >= 15 is 0 Å². The Bertz CT molecular complexity index is 518. The van der Waals surface area contributed by atoms with Crippen LogP contribution >= 0.6 is 0 Å². The molecule has 0 heterocycles. The maximum absolute atomic E-state index is 12.7. The van der Waals surface area contributed by atoms with E-state index in [9.17, 15) is 9.59 Å². The second-order valence-corrected chi connectivity index (χ2v) is 7.67. The molecule has 0 N–H and O–H groups in total. The first kappa shape index (κ1) is 13.8. The molecule has 2 unspecified atom stereocenters. The van der Waals surface area contributed by atoms with Gasteiger partial charge in [0.1, 0.15) is 6.10 Å². The van der Waals surface area contributed by atoms with Crippen molar-refractivity contribution in [3.63, 3.8) is 0 Å². The van der Waals surface area contributed by atoms with Crippen molar-refractivity contribution in [2.45, 2.75) is 53.6 Å². The summed E-state index contributed by atoms with van der Waals surface area (Å²) >= 11 is 0. The van der Waals surface area contributed by atoms with Gasteiger partial charge in [-0.2, -0.15) is 0 Å². The summed E-state index contributed by atoms with van der Waals surface area (Å²) < 4.78 is 5.69. The largest absolute Gasteiger partial charge is 0.461 e. The Morgan fingerprint density at radius 3 is 2.55 bits per heavy atom. The van der Waals surface area contributed by atoms with Crippen LogP contribution in [-0.2, 0) is 14.3 Å². The first-order chi connectivity index (χ1) is 9.19. The van der Waals surface area contributed by atoms with Gasteiger partial charge in [-0.15, -0.1) is 0 Å². The fourth-order valence-electron chi connectivity index (χ4n) is 5.87. The normalized spacial score (nSPS) is 48.2. The average Bonchev–Trinajstić information content (AvgIpc) is 2.86. The fourth-order valence-corrected chi connectivity index (χ4v) is 5.87. The van der Waals surface area contributed by atoms with Crippen LogP contribution in [0.1, 0.15) is 47.5 Å². The van der Waals surface area contributed by atoms with Crippen LogP contribution in [0.25, 0.3) is 0 Å². The summed E-state index contributed by atoms with van der Waals surface area (Å²) in [6.07, 6.45) is 5.80. The third-order valence-corrected chi connectivity index (χ3v) is 6.58. The Kier molecular flexibility index (Phi) is 2.59. The zero-order chi connectivity index (χ0) is 14.9. The molecule has 3 aliphatic carbocycles. The van der Waals surface area contributed by atoms with E-state index in [2.05, 4.69) is 26.8 Å². The van der Waals surface area contributed by atoms with Crippen LogP contribution in [0, 0.1) is 28.1 Å². The molecule has 110 valence electrons. The van der Waals surface area contributed by atoms with Crippen molar-refractivity contribution in [3.05, 3.63) is 12.2 Å². The highest BCUT2D eigenvalue weighted by molar-refractivity contribution is 6.00. The summed E-state index contributed by atoms with van der Waals surface area (Å²) in [5, 5.41) is 0. The molecule has 20 heavy (non-hydrogen) atoms.